The van der Waals surface area contributed by atoms with Gasteiger partial charge in [-0.2, -0.15) is 0 Å². The zero-order valence-corrected chi connectivity index (χ0v) is 17.6. The fourth-order valence-electron chi connectivity index (χ4n) is 3.03. The van der Waals surface area contributed by atoms with Gasteiger partial charge in [0.05, 0.1) is 14.2 Å². The minimum Gasteiger partial charge on any atom is -0.493 e. The summed E-state index contributed by atoms with van der Waals surface area (Å²) in [5.41, 5.74) is 0.910. The molecule has 3 rings (SSSR count). The highest BCUT2D eigenvalue weighted by molar-refractivity contribution is 9.10. The van der Waals surface area contributed by atoms with Crippen molar-refractivity contribution in [1.29, 1.82) is 0 Å². The van der Waals surface area contributed by atoms with Gasteiger partial charge in [0, 0.05) is 16.6 Å². The Morgan fingerprint density at radius 2 is 1.59 bits per heavy atom. The van der Waals surface area contributed by atoms with Crippen LogP contribution in [-0.4, -0.2) is 22.6 Å². The van der Waals surface area contributed by atoms with Crippen LogP contribution < -0.4 is 14.2 Å². The van der Waals surface area contributed by atoms with E-state index in [1.54, 1.807) is 6.07 Å². The molecule has 3 aromatic rings. The summed E-state index contributed by atoms with van der Waals surface area (Å²) < 4.78 is 39.6. The molecule has 1 atom stereocenters. The molecule has 1 unspecified atom stereocenters. The third-order valence-corrected chi connectivity index (χ3v) is 6.85. The maximum Gasteiger partial charge on any atom is 0.242 e. The topological polar surface area (TPSA) is 64.6 Å². The van der Waals surface area contributed by atoms with Gasteiger partial charge in [-0.1, -0.05) is 42.5 Å². The first-order valence-corrected chi connectivity index (χ1v) is 10.6. The summed E-state index contributed by atoms with van der Waals surface area (Å²) in [7, 11) is -0.831. The number of hydrogen-bond acceptors (Lipinski definition) is 4. The van der Waals surface area contributed by atoms with Gasteiger partial charge in [0.2, 0.25) is 10.0 Å². The zero-order valence-electron chi connectivity index (χ0n) is 15.2. The Morgan fingerprint density at radius 1 is 0.963 bits per heavy atom. The second kappa shape index (κ2) is 7.88. The Labute approximate surface area is 167 Å². The van der Waals surface area contributed by atoms with Gasteiger partial charge in [-0.05, 0) is 45.3 Å². The molecule has 0 saturated heterocycles. The Morgan fingerprint density at radius 3 is 2.30 bits per heavy atom. The van der Waals surface area contributed by atoms with Gasteiger partial charge in [-0.15, -0.1) is 0 Å². The quantitative estimate of drug-likeness (QED) is 0.594. The lowest BCUT2D eigenvalue weighted by Gasteiger charge is -2.18. The number of fused-ring (bicyclic) bond motifs is 1. The summed E-state index contributed by atoms with van der Waals surface area (Å²) in [6.45, 7) is 1.83. The first-order valence-electron chi connectivity index (χ1n) is 8.29. The molecule has 0 aliphatic rings. The third-order valence-electron chi connectivity index (χ3n) is 4.35. The summed E-state index contributed by atoms with van der Waals surface area (Å²) in [6, 6.07) is 16.4. The third kappa shape index (κ3) is 3.95. The van der Waals surface area contributed by atoms with Crippen LogP contribution in [0.4, 0.5) is 0 Å². The van der Waals surface area contributed by atoms with E-state index in [2.05, 4.69) is 20.7 Å². The van der Waals surface area contributed by atoms with Crippen molar-refractivity contribution in [1.82, 2.24) is 4.72 Å². The fourth-order valence-corrected chi connectivity index (χ4v) is 5.29. The lowest BCUT2D eigenvalue weighted by Crippen LogP contribution is -2.27. The summed E-state index contributed by atoms with van der Waals surface area (Å²) in [5, 5.41) is 2.08. The van der Waals surface area contributed by atoms with Crippen molar-refractivity contribution in [3.8, 4) is 11.5 Å². The highest BCUT2D eigenvalue weighted by Gasteiger charge is 2.24. The Bertz CT molecular complexity index is 1080. The van der Waals surface area contributed by atoms with Gasteiger partial charge < -0.3 is 9.47 Å². The standard InChI is InChI=1S/C20H20BrNO4S/c1-13(15-10-6-8-14-7-4-5-9-16(14)15)22-27(23,24)20-12-19(26-3)18(25-2)11-17(20)21/h4-13,22H,1-3H3. The first-order chi connectivity index (χ1) is 12.9. The van der Waals surface area contributed by atoms with Crippen LogP contribution in [0.3, 0.4) is 0 Å². The summed E-state index contributed by atoms with van der Waals surface area (Å²) >= 11 is 3.32. The van der Waals surface area contributed by atoms with Crippen LogP contribution in [0.2, 0.25) is 0 Å². The second-order valence-corrected chi connectivity index (χ2v) is 8.59. The van der Waals surface area contributed by atoms with Gasteiger partial charge in [0.25, 0.3) is 0 Å². The summed E-state index contributed by atoms with van der Waals surface area (Å²) in [5.74, 6) is 0.796. The molecule has 0 heterocycles. The van der Waals surface area contributed by atoms with Crippen molar-refractivity contribution in [3.05, 3.63) is 64.6 Å². The van der Waals surface area contributed by atoms with E-state index >= 15 is 0 Å². The summed E-state index contributed by atoms with van der Waals surface area (Å²) in [4.78, 5) is 0.0900. The Kier molecular flexibility index (Phi) is 5.74. The predicted molar refractivity (Wildman–Crippen MR) is 110 cm³/mol. The van der Waals surface area contributed by atoms with E-state index in [0.29, 0.717) is 16.0 Å². The predicted octanol–water partition coefficient (Wildman–Crippen LogP) is 4.66. The van der Waals surface area contributed by atoms with Gasteiger partial charge in [-0.3, -0.25) is 0 Å². The number of rotatable bonds is 6. The lowest BCUT2D eigenvalue weighted by atomic mass is 10.0. The van der Waals surface area contributed by atoms with E-state index in [4.69, 9.17) is 9.47 Å². The van der Waals surface area contributed by atoms with E-state index in [1.165, 1.54) is 20.3 Å². The maximum absolute atomic E-state index is 13.0. The van der Waals surface area contributed by atoms with Crippen LogP contribution in [0.25, 0.3) is 10.8 Å². The molecular weight excluding hydrogens is 430 g/mol. The molecule has 27 heavy (non-hydrogen) atoms. The molecule has 0 aromatic heterocycles. The molecule has 0 radical (unpaired) electrons. The van der Waals surface area contributed by atoms with E-state index in [9.17, 15) is 8.42 Å². The number of ether oxygens (including phenoxy) is 2. The van der Waals surface area contributed by atoms with Crippen molar-refractivity contribution in [2.75, 3.05) is 14.2 Å². The van der Waals surface area contributed by atoms with Crippen LogP contribution in [-0.2, 0) is 10.0 Å². The van der Waals surface area contributed by atoms with Crippen LogP contribution in [0.1, 0.15) is 18.5 Å². The van der Waals surface area contributed by atoms with Crippen LogP contribution in [0.15, 0.2) is 64.0 Å². The minimum absolute atomic E-state index is 0.0900. The van der Waals surface area contributed by atoms with Crippen LogP contribution in [0, 0.1) is 0 Å². The Hall–Kier alpha value is -2.09. The lowest BCUT2D eigenvalue weighted by molar-refractivity contribution is 0.353. The normalized spacial score (nSPS) is 12.7. The SMILES string of the molecule is COc1cc(Br)c(S(=O)(=O)NC(C)c2cccc3ccccc23)cc1OC. The van der Waals surface area contributed by atoms with E-state index < -0.39 is 16.1 Å². The minimum atomic E-state index is -3.80. The molecule has 0 saturated carbocycles. The van der Waals surface area contributed by atoms with Gasteiger partial charge >= 0.3 is 0 Å². The molecule has 0 aliphatic heterocycles. The molecular formula is C20H20BrNO4S. The number of nitrogens with one attached hydrogen (secondary N) is 1. The average molecular weight is 450 g/mol. The monoisotopic (exact) mass is 449 g/mol. The van der Waals surface area contributed by atoms with Crippen molar-refractivity contribution in [2.45, 2.75) is 17.9 Å². The second-order valence-electron chi connectivity index (χ2n) is 6.05. The molecule has 0 aliphatic carbocycles. The number of methoxy groups -OCH3 is 2. The zero-order chi connectivity index (χ0) is 19.6. The number of sulfonamides is 1. The molecule has 0 bridgehead atoms. The van der Waals surface area contributed by atoms with E-state index in [-0.39, 0.29) is 4.90 Å². The number of halogens is 1. The number of hydrogen-bond donors (Lipinski definition) is 1. The molecule has 5 nitrogen and oxygen atoms in total. The maximum atomic E-state index is 13.0. The van der Waals surface area contributed by atoms with E-state index in [0.717, 1.165) is 16.3 Å². The molecule has 0 spiro atoms. The van der Waals surface area contributed by atoms with Gasteiger partial charge in [0.1, 0.15) is 4.90 Å². The van der Waals surface area contributed by atoms with Crippen LogP contribution >= 0.6 is 15.9 Å². The number of benzene rings is 3. The molecule has 142 valence electrons. The highest BCUT2D eigenvalue weighted by atomic mass is 79.9. The molecule has 0 amide bonds. The van der Waals surface area contributed by atoms with E-state index in [1.807, 2.05) is 49.4 Å². The van der Waals surface area contributed by atoms with Gasteiger partial charge in [0.15, 0.2) is 11.5 Å². The fraction of sp³-hybridized carbons (Fsp3) is 0.200. The first kappa shape index (κ1) is 19.7. The highest BCUT2D eigenvalue weighted by Crippen LogP contribution is 2.36. The smallest absolute Gasteiger partial charge is 0.242 e. The van der Waals surface area contributed by atoms with Crippen molar-refractivity contribution in [3.63, 3.8) is 0 Å². The van der Waals surface area contributed by atoms with Crippen molar-refractivity contribution < 1.29 is 17.9 Å². The van der Waals surface area contributed by atoms with Gasteiger partial charge in [-0.25, -0.2) is 13.1 Å². The molecule has 1 N–H and O–H groups in total. The summed E-state index contributed by atoms with van der Waals surface area (Å²) in [6.07, 6.45) is 0. The van der Waals surface area contributed by atoms with Crippen LogP contribution in [0.5, 0.6) is 11.5 Å². The van der Waals surface area contributed by atoms with Crippen molar-refractivity contribution >= 4 is 36.7 Å². The molecule has 3 aromatic carbocycles. The Balaban J connectivity index is 1.99. The largest absolute Gasteiger partial charge is 0.493 e. The molecule has 7 heteroatoms. The van der Waals surface area contributed by atoms with Crippen molar-refractivity contribution in [2.24, 2.45) is 0 Å². The molecule has 0 fully saturated rings. The average Bonchev–Trinajstić information content (AvgIpc) is 2.66.